The summed E-state index contributed by atoms with van der Waals surface area (Å²) < 4.78 is 5.03. The maximum atomic E-state index is 5.03. The van der Waals surface area contributed by atoms with Gasteiger partial charge in [-0.25, -0.2) is 4.99 Å². The third-order valence-electron chi connectivity index (χ3n) is 2.88. The van der Waals surface area contributed by atoms with Gasteiger partial charge in [-0.1, -0.05) is 24.3 Å². The van der Waals surface area contributed by atoms with Gasteiger partial charge in [0.1, 0.15) is 0 Å². The normalized spacial score (nSPS) is 11.8. The van der Waals surface area contributed by atoms with Crippen molar-refractivity contribution < 1.29 is 4.74 Å². The van der Waals surface area contributed by atoms with Crippen LogP contribution in [-0.2, 0) is 17.8 Å². The largest absolute Gasteiger partial charge is 0.383 e. The van der Waals surface area contributed by atoms with E-state index in [2.05, 4.69) is 65.8 Å². The molecule has 0 fully saturated rings. The van der Waals surface area contributed by atoms with E-state index in [0.29, 0.717) is 13.2 Å². The molecule has 0 saturated carbocycles. The lowest BCUT2D eigenvalue weighted by Crippen LogP contribution is -2.38. The highest BCUT2D eigenvalue weighted by molar-refractivity contribution is 5.79. The third kappa shape index (κ3) is 7.68. The molecule has 0 bridgehead atoms. The molecule has 0 atom stereocenters. The van der Waals surface area contributed by atoms with Gasteiger partial charge < -0.3 is 20.3 Å². The van der Waals surface area contributed by atoms with Crippen molar-refractivity contribution in [1.29, 1.82) is 0 Å². The number of methoxy groups -OCH3 is 1. The number of rotatable bonds is 8. The summed E-state index contributed by atoms with van der Waals surface area (Å²) in [7, 11) is 5.85. The molecular weight excluding hydrogens is 264 g/mol. The first-order valence-corrected chi connectivity index (χ1v) is 7.39. The van der Waals surface area contributed by atoms with Crippen molar-refractivity contribution in [2.75, 3.05) is 40.9 Å². The van der Waals surface area contributed by atoms with Crippen LogP contribution in [-0.4, -0.2) is 51.8 Å². The molecule has 5 nitrogen and oxygen atoms in total. The van der Waals surface area contributed by atoms with Crippen molar-refractivity contribution in [1.82, 2.24) is 15.5 Å². The molecule has 0 heterocycles. The Morgan fingerprint density at radius 1 is 1.14 bits per heavy atom. The van der Waals surface area contributed by atoms with Gasteiger partial charge in [-0.15, -0.1) is 0 Å². The van der Waals surface area contributed by atoms with Gasteiger partial charge in [-0.2, -0.15) is 0 Å². The van der Waals surface area contributed by atoms with Crippen LogP contribution >= 0.6 is 0 Å². The van der Waals surface area contributed by atoms with Crippen LogP contribution in [0.1, 0.15) is 18.1 Å². The van der Waals surface area contributed by atoms with Crippen molar-refractivity contribution in [2.24, 2.45) is 4.99 Å². The Labute approximate surface area is 128 Å². The zero-order valence-corrected chi connectivity index (χ0v) is 13.6. The number of guanidine groups is 1. The summed E-state index contributed by atoms with van der Waals surface area (Å²) in [6, 6.07) is 8.61. The highest BCUT2D eigenvalue weighted by Crippen LogP contribution is 2.07. The molecule has 0 aliphatic heterocycles. The molecular formula is C16H28N4O. The summed E-state index contributed by atoms with van der Waals surface area (Å²) in [5.74, 6) is 0.826. The summed E-state index contributed by atoms with van der Waals surface area (Å²) >= 11 is 0. The average molecular weight is 292 g/mol. The highest BCUT2D eigenvalue weighted by Gasteiger charge is 1.98. The van der Waals surface area contributed by atoms with E-state index >= 15 is 0 Å². The predicted octanol–water partition coefficient (Wildman–Crippen LogP) is 1.45. The molecule has 118 valence electrons. The van der Waals surface area contributed by atoms with E-state index in [4.69, 9.17) is 4.74 Å². The molecule has 0 aromatic heterocycles. The van der Waals surface area contributed by atoms with Crippen LogP contribution in [0.3, 0.4) is 0 Å². The predicted molar refractivity (Wildman–Crippen MR) is 88.5 cm³/mol. The van der Waals surface area contributed by atoms with Gasteiger partial charge in [0.25, 0.3) is 0 Å². The number of hydrogen-bond donors (Lipinski definition) is 2. The van der Waals surface area contributed by atoms with Crippen LogP contribution in [0.25, 0.3) is 0 Å². The summed E-state index contributed by atoms with van der Waals surface area (Å²) in [6.07, 6.45) is 0. The zero-order chi connectivity index (χ0) is 15.5. The fourth-order valence-corrected chi connectivity index (χ4v) is 1.90. The Bertz CT molecular complexity index is 415. The smallest absolute Gasteiger partial charge is 0.191 e. The number of hydrogen-bond acceptors (Lipinski definition) is 3. The molecule has 0 unspecified atom stereocenters. The SMILES string of the molecule is CCNC(=NCc1ccc(CN(C)C)cc1)NCCOC. The van der Waals surface area contributed by atoms with Crippen molar-refractivity contribution >= 4 is 5.96 Å². The van der Waals surface area contributed by atoms with Gasteiger partial charge in [-0.05, 0) is 32.1 Å². The van der Waals surface area contributed by atoms with Gasteiger partial charge >= 0.3 is 0 Å². The lowest BCUT2D eigenvalue weighted by Gasteiger charge is -2.11. The van der Waals surface area contributed by atoms with E-state index in [1.54, 1.807) is 7.11 Å². The van der Waals surface area contributed by atoms with Gasteiger partial charge in [-0.3, -0.25) is 0 Å². The Balaban J connectivity index is 2.54. The van der Waals surface area contributed by atoms with Crippen LogP contribution in [0.5, 0.6) is 0 Å². The summed E-state index contributed by atoms with van der Waals surface area (Å²) in [4.78, 5) is 6.74. The number of benzene rings is 1. The maximum absolute atomic E-state index is 5.03. The van der Waals surface area contributed by atoms with Crippen LogP contribution in [0.15, 0.2) is 29.3 Å². The topological polar surface area (TPSA) is 48.9 Å². The first-order chi connectivity index (χ1) is 10.2. The Hall–Kier alpha value is -1.59. The van der Waals surface area contributed by atoms with Crippen molar-refractivity contribution in [3.8, 4) is 0 Å². The minimum absolute atomic E-state index is 0.670. The second kappa shape index (κ2) is 10.2. The first kappa shape index (κ1) is 17.5. The standard InChI is InChI=1S/C16H28N4O/c1-5-17-16(18-10-11-21-4)19-12-14-6-8-15(9-7-14)13-20(2)3/h6-9H,5,10-13H2,1-4H3,(H2,17,18,19). The maximum Gasteiger partial charge on any atom is 0.191 e. The lowest BCUT2D eigenvalue weighted by atomic mass is 10.1. The minimum atomic E-state index is 0.670. The second-order valence-electron chi connectivity index (χ2n) is 5.17. The molecule has 2 N–H and O–H groups in total. The number of nitrogens with zero attached hydrogens (tertiary/aromatic N) is 2. The van der Waals surface area contributed by atoms with Crippen LogP contribution in [0, 0.1) is 0 Å². The molecule has 0 amide bonds. The monoisotopic (exact) mass is 292 g/mol. The van der Waals surface area contributed by atoms with Crippen molar-refractivity contribution in [3.63, 3.8) is 0 Å². The van der Waals surface area contributed by atoms with E-state index in [1.807, 2.05) is 0 Å². The highest BCUT2D eigenvalue weighted by atomic mass is 16.5. The zero-order valence-electron chi connectivity index (χ0n) is 13.6. The molecule has 1 aromatic carbocycles. The number of nitrogens with one attached hydrogen (secondary N) is 2. The third-order valence-corrected chi connectivity index (χ3v) is 2.88. The number of ether oxygens (including phenoxy) is 1. The van der Waals surface area contributed by atoms with Gasteiger partial charge in [0, 0.05) is 26.7 Å². The molecule has 0 aliphatic rings. The molecule has 1 aromatic rings. The molecule has 0 radical (unpaired) electrons. The Kier molecular flexibility index (Phi) is 8.47. The fraction of sp³-hybridized carbons (Fsp3) is 0.562. The van der Waals surface area contributed by atoms with Gasteiger partial charge in [0.15, 0.2) is 5.96 Å². The molecule has 1 rings (SSSR count). The van der Waals surface area contributed by atoms with Gasteiger partial charge in [0.2, 0.25) is 0 Å². The van der Waals surface area contributed by atoms with Crippen molar-refractivity contribution in [3.05, 3.63) is 35.4 Å². The van der Waals surface area contributed by atoms with E-state index in [9.17, 15) is 0 Å². The second-order valence-corrected chi connectivity index (χ2v) is 5.17. The molecule has 0 saturated heterocycles. The molecule has 5 heteroatoms. The minimum Gasteiger partial charge on any atom is -0.383 e. The van der Waals surface area contributed by atoms with E-state index < -0.39 is 0 Å². The van der Waals surface area contributed by atoms with Crippen LogP contribution in [0.4, 0.5) is 0 Å². The summed E-state index contributed by atoms with van der Waals surface area (Å²) in [5.41, 5.74) is 2.53. The molecule has 0 spiro atoms. The van der Waals surface area contributed by atoms with Gasteiger partial charge in [0.05, 0.1) is 13.2 Å². The van der Waals surface area contributed by atoms with E-state index in [0.717, 1.165) is 25.6 Å². The summed E-state index contributed by atoms with van der Waals surface area (Å²) in [5, 5.41) is 6.46. The van der Waals surface area contributed by atoms with Crippen LogP contribution in [0.2, 0.25) is 0 Å². The van der Waals surface area contributed by atoms with Crippen molar-refractivity contribution in [2.45, 2.75) is 20.0 Å². The Morgan fingerprint density at radius 3 is 2.38 bits per heavy atom. The lowest BCUT2D eigenvalue weighted by molar-refractivity contribution is 0.203. The number of aliphatic imine (C=N–C) groups is 1. The summed E-state index contributed by atoms with van der Waals surface area (Å²) in [6.45, 7) is 5.97. The van der Waals surface area contributed by atoms with E-state index in [1.165, 1.54) is 11.1 Å². The fourth-order valence-electron chi connectivity index (χ4n) is 1.90. The van der Waals surface area contributed by atoms with E-state index in [-0.39, 0.29) is 0 Å². The van der Waals surface area contributed by atoms with Crippen LogP contribution < -0.4 is 10.6 Å². The molecule has 0 aliphatic carbocycles. The first-order valence-electron chi connectivity index (χ1n) is 7.39. The average Bonchev–Trinajstić information content (AvgIpc) is 2.46. The quantitative estimate of drug-likeness (QED) is 0.432. The Morgan fingerprint density at radius 2 is 1.81 bits per heavy atom. The molecule has 21 heavy (non-hydrogen) atoms.